The molecular formula is C23H31N7O2. The fourth-order valence-electron chi connectivity index (χ4n) is 4.60. The molecule has 3 N–H and O–H groups in total. The first-order valence-corrected chi connectivity index (χ1v) is 11.4. The third-order valence-corrected chi connectivity index (χ3v) is 6.62. The molecule has 2 aromatic rings. The second-order valence-electron chi connectivity index (χ2n) is 8.92. The molecule has 2 amide bonds. The molecule has 2 fully saturated rings. The number of amides is 2. The third-order valence-electron chi connectivity index (χ3n) is 6.62. The number of aromatic nitrogens is 2. The number of rotatable bonds is 3. The molecular weight excluding hydrogens is 406 g/mol. The van der Waals surface area contributed by atoms with Crippen molar-refractivity contribution in [3.63, 3.8) is 0 Å². The normalized spacial score (nSPS) is 21.5. The number of ether oxygens (including phenoxy) is 1. The Morgan fingerprint density at radius 1 is 1.12 bits per heavy atom. The van der Waals surface area contributed by atoms with Crippen molar-refractivity contribution in [1.82, 2.24) is 25.1 Å². The zero-order valence-electron chi connectivity index (χ0n) is 18.6. The smallest absolute Gasteiger partial charge is 0.318 e. The highest BCUT2D eigenvalue weighted by Gasteiger charge is 2.25. The molecule has 1 atom stereocenters. The molecule has 1 aromatic carbocycles. The first-order valence-electron chi connectivity index (χ1n) is 11.4. The standard InChI is InChI=1S/C23H31N7O2/c1-28-7-9-29(10-8-28)21-13-20(26-22(24)27-21)17-3-2-16-4-6-30(14-18(16)12-17)23(31)25-19-5-11-32-15-19/h2-3,12-13,19H,4-11,14-15H2,1H3,(H,25,31)(H2,24,26,27)/t19-/m1/s1. The molecule has 32 heavy (non-hydrogen) atoms. The molecule has 3 aliphatic rings. The molecule has 0 bridgehead atoms. The van der Waals surface area contributed by atoms with E-state index in [0.717, 1.165) is 74.8 Å². The number of benzene rings is 1. The van der Waals surface area contributed by atoms with Gasteiger partial charge in [-0.1, -0.05) is 12.1 Å². The first kappa shape index (κ1) is 21.0. The average Bonchev–Trinajstić information content (AvgIpc) is 3.31. The van der Waals surface area contributed by atoms with Crippen LogP contribution >= 0.6 is 0 Å². The van der Waals surface area contributed by atoms with Crippen LogP contribution < -0.4 is 16.0 Å². The molecule has 4 heterocycles. The minimum atomic E-state index is -0.0137. The van der Waals surface area contributed by atoms with E-state index in [4.69, 9.17) is 10.5 Å². The SMILES string of the molecule is CN1CCN(c2cc(-c3ccc4c(c3)CN(C(=O)N[C@@H]3CCOC3)CC4)nc(N)n2)CC1. The number of nitrogens with one attached hydrogen (secondary N) is 1. The van der Waals surface area contributed by atoms with Crippen LogP contribution in [-0.4, -0.2) is 84.8 Å². The van der Waals surface area contributed by atoms with Crippen molar-refractivity contribution in [3.05, 3.63) is 35.4 Å². The highest BCUT2D eigenvalue weighted by atomic mass is 16.5. The number of carbonyl (C=O) groups is 1. The number of hydrogen-bond acceptors (Lipinski definition) is 7. The maximum atomic E-state index is 12.7. The molecule has 0 radical (unpaired) electrons. The third kappa shape index (κ3) is 4.49. The van der Waals surface area contributed by atoms with Gasteiger partial charge in [0.2, 0.25) is 5.95 Å². The Kier molecular flexibility index (Phi) is 5.84. The summed E-state index contributed by atoms with van der Waals surface area (Å²) in [4.78, 5) is 28.2. The number of nitrogen functional groups attached to an aromatic ring is 1. The number of fused-ring (bicyclic) bond motifs is 1. The van der Waals surface area contributed by atoms with Crippen LogP contribution in [0.4, 0.5) is 16.6 Å². The van der Waals surface area contributed by atoms with Gasteiger partial charge in [0.05, 0.1) is 18.3 Å². The van der Waals surface area contributed by atoms with Gasteiger partial charge in [-0.25, -0.2) is 9.78 Å². The summed E-state index contributed by atoms with van der Waals surface area (Å²) in [6.45, 7) is 6.49. The minimum Gasteiger partial charge on any atom is -0.379 e. The topological polar surface area (TPSA) is 99.8 Å². The molecule has 1 aromatic heterocycles. The largest absolute Gasteiger partial charge is 0.379 e. The maximum absolute atomic E-state index is 12.7. The number of carbonyl (C=O) groups excluding carboxylic acids is 1. The van der Waals surface area contributed by atoms with E-state index in [1.54, 1.807) is 0 Å². The van der Waals surface area contributed by atoms with Gasteiger partial charge in [-0.2, -0.15) is 4.98 Å². The molecule has 9 nitrogen and oxygen atoms in total. The van der Waals surface area contributed by atoms with Crippen LogP contribution in [0.3, 0.4) is 0 Å². The number of likely N-dealkylation sites (N-methyl/N-ethyl adjacent to an activating group) is 1. The predicted octanol–water partition coefficient (Wildman–Crippen LogP) is 1.33. The molecule has 0 spiro atoms. The van der Waals surface area contributed by atoms with Crippen molar-refractivity contribution in [1.29, 1.82) is 0 Å². The van der Waals surface area contributed by atoms with Gasteiger partial charge in [0.15, 0.2) is 0 Å². The molecule has 5 rings (SSSR count). The van der Waals surface area contributed by atoms with Gasteiger partial charge in [0.25, 0.3) is 0 Å². The van der Waals surface area contributed by atoms with E-state index in [1.165, 1.54) is 5.56 Å². The van der Waals surface area contributed by atoms with E-state index in [0.29, 0.717) is 13.2 Å². The Labute approximate surface area is 188 Å². The summed E-state index contributed by atoms with van der Waals surface area (Å²) >= 11 is 0. The lowest BCUT2D eigenvalue weighted by Crippen LogP contribution is -2.46. The Morgan fingerprint density at radius 3 is 2.75 bits per heavy atom. The van der Waals surface area contributed by atoms with Crippen molar-refractivity contribution < 1.29 is 9.53 Å². The van der Waals surface area contributed by atoms with E-state index < -0.39 is 0 Å². The summed E-state index contributed by atoms with van der Waals surface area (Å²) in [7, 11) is 2.13. The van der Waals surface area contributed by atoms with E-state index in [9.17, 15) is 4.79 Å². The Morgan fingerprint density at radius 2 is 1.97 bits per heavy atom. The maximum Gasteiger partial charge on any atom is 0.318 e. The molecule has 2 saturated heterocycles. The van der Waals surface area contributed by atoms with Crippen molar-refractivity contribution in [2.75, 3.05) is 63.6 Å². The van der Waals surface area contributed by atoms with Crippen LogP contribution in [0.25, 0.3) is 11.3 Å². The highest BCUT2D eigenvalue weighted by molar-refractivity contribution is 5.75. The molecule has 0 unspecified atom stereocenters. The van der Waals surface area contributed by atoms with Gasteiger partial charge >= 0.3 is 6.03 Å². The summed E-state index contributed by atoms with van der Waals surface area (Å²) in [6, 6.07) is 8.52. The molecule has 170 valence electrons. The lowest BCUT2D eigenvalue weighted by molar-refractivity contribution is 0.175. The van der Waals surface area contributed by atoms with Crippen molar-refractivity contribution >= 4 is 17.8 Å². The highest BCUT2D eigenvalue weighted by Crippen LogP contribution is 2.28. The Bertz CT molecular complexity index is 984. The fourth-order valence-corrected chi connectivity index (χ4v) is 4.60. The van der Waals surface area contributed by atoms with Crippen molar-refractivity contribution in [2.45, 2.75) is 25.4 Å². The van der Waals surface area contributed by atoms with Crippen LogP contribution in [0.5, 0.6) is 0 Å². The van der Waals surface area contributed by atoms with Gasteiger partial charge < -0.3 is 30.5 Å². The molecule has 9 heteroatoms. The monoisotopic (exact) mass is 437 g/mol. The van der Waals surface area contributed by atoms with Crippen molar-refractivity contribution in [3.8, 4) is 11.3 Å². The van der Waals surface area contributed by atoms with E-state index in [1.807, 2.05) is 11.0 Å². The zero-order chi connectivity index (χ0) is 22.1. The van der Waals surface area contributed by atoms with Crippen LogP contribution in [0.15, 0.2) is 24.3 Å². The van der Waals surface area contributed by atoms with Gasteiger partial charge in [-0.3, -0.25) is 0 Å². The lowest BCUT2D eigenvalue weighted by Gasteiger charge is -2.33. The summed E-state index contributed by atoms with van der Waals surface area (Å²) in [5.74, 6) is 1.16. The van der Waals surface area contributed by atoms with Crippen molar-refractivity contribution in [2.24, 2.45) is 0 Å². The second kappa shape index (κ2) is 8.91. The van der Waals surface area contributed by atoms with E-state index >= 15 is 0 Å². The quantitative estimate of drug-likeness (QED) is 0.747. The number of urea groups is 1. The van der Waals surface area contributed by atoms with Crippen LogP contribution in [-0.2, 0) is 17.7 Å². The minimum absolute atomic E-state index is 0.0137. The lowest BCUT2D eigenvalue weighted by atomic mass is 9.96. The number of nitrogens with zero attached hydrogens (tertiary/aromatic N) is 5. The van der Waals surface area contributed by atoms with Crippen LogP contribution in [0.2, 0.25) is 0 Å². The van der Waals surface area contributed by atoms with Crippen LogP contribution in [0, 0.1) is 0 Å². The number of piperazine rings is 1. The summed E-state index contributed by atoms with van der Waals surface area (Å²) in [6.07, 6.45) is 1.73. The van der Waals surface area contributed by atoms with Crippen LogP contribution in [0.1, 0.15) is 17.5 Å². The van der Waals surface area contributed by atoms with Gasteiger partial charge in [-0.05, 0) is 37.1 Å². The molecule has 0 aliphatic carbocycles. The fraction of sp³-hybridized carbons (Fsp3) is 0.522. The number of anilines is 2. The average molecular weight is 438 g/mol. The van der Waals surface area contributed by atoms with Gasteiger partial charge in [0.1, 0.15) is 5.82 Å². The zero-order valence-corrected chi connectivity index (χ0v) is 18.6. The van der Waals surface area contributed by atoms with E-state index in [-0.39, 0.29) is 18.0 Å². The Balaban J connectivity index is 1.34. The first-order chi connectivity index (χ1) is 15.5. The Hall–Kier alpha value is -2.91. The van der Waals surface area contributed by atoms with Gasteiger partial charge in [-0.15, -0.1) is 0 Å². The number of nitrogens with two attached hydrogens (primary N) is 1. The molecule has 0 saturated carbocycles. The molecule has 3 aliphatic heterocycles. The number of hydrogen-bond donors (Lipinski definition) is 2. The summed E-state index contributed by atoms with van der Waals surface area (Å²) < 4.78 is 5.37. The predicted molar refractivity (Wildman–Crippen MR) is 123 cm³/mol. The van der Waals surface area contributed by atoms with E-state index in [2.05, 4.69) is 50.3 Å². The summed E-state index contributed by atoms with van der Waals surface area (Å²) in [5, 5.41) is 3.10. The van der Waals surface area contributed by atoms with Gasteiger partial charge in [0, 0.05) is 57.5 Å². The second-order valence-corrected chi connectivity index (χ2v) is 8.92. The summed E-state index contributed by atoms with van der Waals surface area (Å²) in [5.41, 5.74) is 10.3.